The van der Waals surface area contributed by atoms with E-state index >= 15 is 0 Å². The molecule has 116 valence electrons. The van der Waals surface area contributed by atoms with Gasteiger partial charge in [0.25, 0.3) is 10.2 Å². The molecule has 0 atom stereocenters. The molecule has 0 aromatic heterocycles. The molecule has 7 nitrogen and oxygen atoms in total. The molecule has 1 aliphatic heterocycles. The number of hydrogen-bond donors (Lipinski definition) is 2. The second-order valence-electron chi connectivity index (χ2n) is 4.97. The summed E-state index contributed by atoms with van der Waals surface area (Å²) in [5.41, 5.74) is 6.39. The molecule has 21 heavy (non-hydrogen) atoms. The lowest BCUT2D eigenvalue weighted by Crippen LogP contribution is -2.50. The van der Waals surface area contributed by atoms with E-state index < -0.39 is 16.1 Å². The van der Waals surface area contributed by atoms with Gasteiger partial charge in [-0.2, -0.15) is 17.0 Å². The molecule has 1 aromatic carbocycles. The number of nitrogens with one attached hydrogen (secondary N) is 1. The number of amides is 1. The van der Waals surface area contributed by atoms with Crippen LogP contribution in [0.3, 0.4) is 0 Å². The summed E-state index contributed by atoms with van der Waals surface area (Å²) in [6.45, 7) is 2.55. The third kappa shape index (κ3) is 3.79. The van der Waals surface area contributed by atoms with E-state index in [1.54, 1.807) is 31.3 Å². The number of carbonyl (C=O) groups excluding carboxylic acids is 1. The zero-order valence-corrected chi connectivity index (χ0v) is 12.8. The molecule has 1 saturated heterocycles. The van der Waals surface area contributed by atoms with Gasteiger partial charge in [-0.1, -0.05) is 12.1 Å². The highest BCUT2D eigenvalue weighted by atomic mass is 32.2. The van der Waals surface area contributed by atoms with Crippen molar-refractivity contribution in [3.63, 3.8) is 0 Å². The number of nitrogens with two attached hydrogens (primary N) is 1. The molecule has 0 radical (unpaired) electrons. The first-order valence-electron chi connectivity index (χ1n) is 6.72. The smallest absolute Gasteiger partial charge is 0.282 e. The van der Waals surface area contributed by atoms with Gasteiger partial charge in [-0.25, -0.2) is 0 Å². The van der Waals surface area contributed by atoms with Crippen LogP contribution in [-0.4, -0.2) is 56.2 Å². The molecule has 1 amide bonds. The molecule has 1 fully saturated rings. The Balaban J connectivity index is 2.05. The van der Waals surface area contributed by atoms with E-state index in [4.69, 9.17) is 5.73 Å². The molecule has 0 unspecified atom stereocenters. The van der Waals surface area contributed by atoms with Gasteiger partial charge in [0.05, 0.1) is 0 Å². The highest BCUT2D eigenvalue weighted by Gasteiger charge is 2.27. The van der Waals surface area contributed by atoms with Crippen molar-refractivity contribution in [2.24, 2.45) is 5.73 Å². The minimum Gasteiger partial charge on any atom is -0.366 e. The Morgan fingerprint density at radius 1 is 1.29 bits per heavy atom. The minimum atomic E-state index is -3.45. The summed E-state index contributed by atoms with van der Waals surface area (Å²) in [4.78, 5) is 11.0. The fraction of sp³-hybridized carbons (Fsp3) is 0.462. The van der Waals surface area contributed by atoms with Crippen LogP contribution in [0.15, 0.2) is 24.3 Å². The maximum absolute atomic E-state index is 12.4. The summed E-state index contributed by atoms with van der Waals surface area (Å²) in [6, 6.07) is 6.62. The third-order valence-electron chi connectivity index (χ3n) is 3.44. The van der Waals surface area contributed by atoms with Gasteiger partial charge >= 0.3 is 0 Å². The van der Waals surface area contributed by atoms with E-state index in [-0.39, 0.29) is 6.54 Å². The number of rotatable bonds is 5. The van der Waals surface area contributed by atoms with Crippen molar-refractivity contribution in [2.45, 2.75) is 6.54 Å². The van der Waals surface area contributed by atoms with Gasteiger partial charge in [0, 0.05) is 45.3 Å². The number of benzene rings is 1. The number of carbonyl (C=O) groups is 1. The van der Waals surface area contributed by atoms with Crippen molar-refractivity contribution in [3.8, 4) is 0 Å². The Morgan fingerprint density at radius 3 is 2.38 bits per heavy atom. The molecule has 8 heteroatoms. The molecule has 0 aliphatic carbocycles. The van der Waals surface area contributed by atoms with E-state index in [0.29, 0.717) is 31.7 Å². The number of nitrogens with zero attached hydrogens (tertiary/aromatic N) is 2. The molecule has 3 N–H and O–H groups in total. The van der Waals surface area contributed by atoms with Crippen LogP contribution < -0.4 is 11.1 Å². The summed E-state index contributed by atoms with van der Waals surface area (Å²) >= 11 is 0. The Kier molecular flexibility index (Phi) is 4.94. The van der Waals surface area contributed by atoms with Crippen LogP contribution in [0.4, 0.5) is 0 Å². The lowest BCUT2D eigenvalue weighted by Gasteiger charge is -2.30. The fourth-order valence-electron chi connectivity index (χ4n) is 2.19. The Morgan fingerprint density at radius 2 is 1.86 bits per heavy atom. The maximum Gasteiger partial charge on any atom is 0.282 e. The van der Waals surface area contributed by atoms with Crippen molar-refractivity contribution < 1.29 is 13.2 Å². The van der Waals surface area contributed by atoms with Crippen molar-refractivity contribution in [2.75, 3.05) is 33.2 Å². The van der Waals surface area contributed by atoms with E-state index in [9.17, 15) is 13.2 Å². The Hall–Kier alpha value is -1.48. The zero-order valence-electron chi connectivity index (χ0n) is 11.9. The van der Waals surface area contributed by atoms with Crippen LogP contribution in [0, 0.1) is 0 Å². The first kappa shape index (κ1) is 15.9. The summed E-state index contributed by atoms with van der Waals surface area (Å²) in [5.74, 6) is -0.497. The molecular weight excluding hydrogens is 292 g/mol. The third-order valence-corrected chi connectivity index (χ3v) is 5.37. The summed E-state index contributed by atoms with van der Waals surface area (Å²) < 4.78 is 27.6. The normalized spacial score (nSPS) is 17.0. The van der Waals surface area contributed by atoms with Crippen LogP contribution in [-0.2, 0) is 16.8 Å². The van der Waals surface area contributed by atoms with Crippen LogP contribution >= 0.6 is 0 Å². The van der Waals surface area contributed by atoms with Gasteiger partial charge < -0.3 is 11.1 Å². The predicted octanol–water partition coefficient (Wildman–Crippen LogP) is -0.633. The first-order valence-corrected chi connectivity index (χ1v) is 8.12. The van der Waals surface area contributed by atoms with Gasteiger partial charge in [0.1, 0.15) is 0 Å². The van der Waals surface area contributed by atoms with Crippen molar-refractivity contribution in [1.29, 1.82) is 0 Å². The maximum atomic E-state index is 12.4. The highest BCUT2D eigenvalue weighted by molar-refractivity contribution is 7.86. The quantitative estimate of drug-likeness (QED) is 0.756. The van der Waals surface area contributed by atoms with E-state index in [2.05, 4.69) is 5.32 Å². The zero-order chi connectivity index (χ0) is 15.5. The minimum absolute atomic E-state index is 0.255. The predicted molar refractivity (Wildman–Crippen MR) is 79.8 cm³/mol. The lowest BCUT2D eigenvalue weighted by atomic mass is 10.1. The largest absolute Gasteiger partial charge is 0.366 e. The first-order chi connectivity index (χ1) is 9.91. The van der Waals surface area contributed by atoms with Gasteiger partial charge in [-0.3, -0.25) is 4.79 Å². The molecule has 0 bridgehead atoms. The summed E-state index contributed by atoms with van der Waals surface area (Å²) in [7, 11) is -1.90. The van der Waals surface area contributed by atoms with E-state index in [1.807, 2.05) is 0 Å². The van der Waals surface area contributed by atoms with Crippen LogP contribution in [0.2, 0.25) is 0 Å². The molecule has 0 saturated carbocycles. The van der Waals surface area contributed by atoms with Crippen LogP contribution in [0.1, 0.15) is 15.9 Å². The van der Waals surface area contributed by atoms with Crippen molar-refractivity contribution >= 4 is 16.1 Å². The van der Waals surface area contributed by atoms with E-state index in [1.165, 1.54) is 8.61 Å². The molecular formula is C13H20N4O3S. The molecule has 1 aromatic rings. The lowest BCUT2D eigenvalue weighted by molar-refractivity contribution is 0.1000. The van der Waals surface area contributed by atoms with E-state index in [0.717, 1.165) is 5.56 Å². The molecule has 0 spiro atoms. The van der Waals surface area contributed by atoms with Gasteiger partial charge in [0.2, 0.25) is 5.91 Å². The van der Waals surface area contributed by atoms with Gasteiger partial charge in [-0.05, 0) is 17.7 Å². The SMILES string of the molecule is CN(Cc1ccc(C(N)=O)cc1)S(=O)(=O)N1CCNCC1. The Labute approximate surface area is 124 Å². The summed E-state index contributed by atoms with van der Waals surface area (Å²) in [5, 5.41) is 3.12. The number of hydrogen-bond acceptors (Lipinski definition) is 4. The summed E-state index contributed by atoms with van der Waals surface area (Å²) in [6.07, 6.45) is 0. The standard InChI is InChI=1S/C13H20N4O3S/c1-16(21(19,20)17-8-6-15-7-9-17)10-11-2-4-12(5-3-11)13(14)18/h2-5,15H,6-10H2,1H3,(H2,14,18). The van der Waals surface area contributed by atoms with Crippen molar-refractivity contribution in [1.82, 2.24) is 13.9 Å². The van der Waals surface area contributed by atoms with Gasteiger partial charge in [0.15, 0.2) is 0 Å². The van der Waals surface area contributed by atoms with Crippen LogP contribution in [0.25, 0.3) is 0 Å². The highest BCUT2D eigenvalue weighted by Crippen LogP contribution is 2.13. The van der Waals surface area contributed by atoms with Crippen molar-refractivity contribution in [3.05, 3.63) is 35.4 Å². The average Bonchev–Trinajstić information content (AvgIpc) is 2.48. The second kappa shape index (κ2) is 6.52. The molecule has 1 aliphatic rings. The van der Waals surface area contributed by atoms with Crippen LogP contribution in [0.5, 0.6) is 0 Å². The number of piperazine rings is 1. The molecule has 2 rings (SSSR count). The fourth-order valence-corrected chi connectivity index (χ4v) is 3.54. The topological polar surface area (TPSA) is 95.7 Å². The monoisotopic (exact) mass is 312 g/mol. The average molecular weight is 312 g/mol. The Bertz CT molecular complexity index is 594. The number of primary amides is 1. The molecule has 1 heterocycles. The second-order valence-corrected chi connectivity index (χ2v) is 7.01. The van der Waals surface area contributed by atoms with Gasteiger partial charge in [-0.15, -0.1) is 0 Å².